The summed E-state index contributed by atoms with van der Waals surface area (Å²) in [4.78, 5) is 22.6. The maximum atomic E-state index is 11.2. The number of aliphatic hydroxyl groups excluding tert-OH is 1. The van der Waals surface area contributed by atoms with Crippen molar-refractivity contribution in [3.05, 3.63) is 12.7 Å². The van der Waals surface area contributed by atoms with Crippen LogP contribution >= 0.6 is 0 Å². The van der Waals surface area contributed by atoms with Crippen molar-refractivity contribution in [2.45, 2.75) is 0 Å². The van der Waals surface area contributed by atoms with E-state index in [1.165, 1.54) is 11.0 Å². The second-order valence-corrected chi connectivity index (χ2v) is 2.51. The molecule has 0 unspecified atom stereocenters. The molecule has 0 saturated carbocycles. The third-order valence-corrected chi connectivity index (χ3v) is 1.40. The molecule has 0 atom stereocenters. The monoisotopic (exact) mass is 202 g/mol. The first-order valence-electron chi connectivity index (χ1n) is 4.08. The summed E-state index contributed by atoms with van der Waals surface area (Å²) in [7, 11) is 0. The van der Waals surface area contributed by atoms with Crippen molar-refractivity contribution < 1.29 is 19.8 Å². The summed E-state index contributed by atoms with van der Waals surface area (Å²) in [5.41, 5.74) is 0. The zero-order valence-electron chi connectivity index (χ0n) is 7.77. The first-order valence-corrected chi connectivity index (χ1v) is 4.08. The van der Waals surface area contributed by atoms with E-state index in [0.717, 1.165) is 0 Å². The van der Waals surface area contributed by atoms with E-state index in [2.05, 4.69) is 11.9 Å². The van der Waals surface area contributed by atoms with Crippen LogP contribution in [0.15, 0.2) is 12.7 Å². The summed E-state index contributed by atoms with van der Waals surface area (Å²) in [5.74, 6) is -1.11. The van der Waals surface area contributed by atoms with Gasteiger partial charge in [-0.1, -0.05) is 6.08 Å². The van der Waals surface area contributed by atoms with Gasteiger partial charge in [0.2, 0.25) is 0 Å². The summed E-state index contributed by atoms with van der Waals surface area (Å²) in [6, 6.07) is -0.527. The Hall–Kier alpha value is -1.56. The van der Waals surface area contributed by atoms with Crippen LogP contribution in [0.4, 0.5) is 4.79 Å². The topological polar surface area (TPSA) is 89.9 Å². The number of urea groups is 1. The van der Waals surface area contributed by atoms with Crippen molar-refractivity contribution in [3.63, 3.8) is 0 Å². The Morgan fingerprint density at radius 3 is 2.57 bits per heavy atom. The lowest BCUT2D eigenvalue weighted by Gasteiger charge is -2.19. The molecule has 0 aliphatic carbocycles. The molecule has 0 aliphatic heterocycles. The van der Waals surface area contributed by atoms with Crippen LogP contribution < -0.4 is 5.32 Å². The van der Waals surface area contributed by atoms with Crippen LogP contribution in [-0.4, -0.2) is 53.4 Å². The predicted octanol–water partition coefficient (Wildman–Crippen LogP) is -0.739. The van der Waals surface area contributed by atoms with E-state index >= 15 is 0 Å². The van der Waals surface area contributed by atoms with Crippen molar-refractivity contribution in [2.75, 3.05) is 26.2 Å². The fraction of sp³-hybridized carbons (Fsp3) is 0.500. The number of nitrogens with one attached hydrogen (secondary N) is 1. The Balaban J connectivity index is 4.00. The second-order valence-electron chi connectivity index (χ2n) is 2.51. The smallest absolute Gasteiger partial charge is 0.323 e. The van der Waals surface area contributed by atoms with E-state index in [9.17, 15) is 9.59 Å². The van der Waals surface area contributed by atoms with Crippen LogP contribution in [0.3, 0.4) is 0 Å². The lowest BCUT2D eigenvalue weighted by molar-refractivity contribution is -0.135. The van der Waals surface area contributed by atoms with Gasteiger partial charge in [0.15, 0.2) is 0 Å². The van der Waals surface area contributed by atoms with E-state index in [4.69, 9.17) is 10.2 Å². The van der Waals surface area contributed by atoms with Gasteiger partial charge in [0.1, 0.15) is 6.54 Å². The van der Waals surface area contributed by atoms with Gasteiger partial charge in [-0.25, -0.2) is 4.79 Å². The minimum Gasteiger partial charge on any atom is -0.480 e. The third kappa shape index (κ3) is 5.15. The number of hydrogen-bond donors (Lipinski definition) is 3. The van der Waals surface area contributed by atoms with Crippen LogP contribution in [0, 0.1) is 0 Å². The summed E-state index contributed by atoms with van der Waals surface area (Å²) in [5, 5.41) is 19.1. The van der Waals surface area contributed by atoms with Crippen molar-refractivity contribution in [1.82, 2.24) is 10.2 Å². The van der Waals surface area contributed by atoms with Crippen LogP contribution in [0.2, 0.25) is 0 Å². The molecule has 3 N–H and O–H groups in total. The van der Waals surface area contributed by atoms with Crippen molar-refractivity contribution >= 4 is 12.0 Å². The van der Waals surface area contributed by atoms with E-state index in [-0.39, 0.29) is 19.7 Å². The lowest BCUT2D eigenvalue weighted by Crippen LogP contribution is -2.43. The second kappa shape index (κ2) is 6.90. The third-order valence-electron chi connectivity index (χ3n) is 1.40. The molecule has 2 amide bonds. The molecule has 6 nitrogen and oxygen atoms in total. The number of carboxylic acid groups (broad SMARTS) is 1. The molecule has 0 rings (SSSR count). The predicted molar refractivity (Wildman–Crippen MR) is 49.9 cm³/mol. The number of aliphatic hydroxyl groups is 1. The number of aliphatic carboxylic acids is 1. The zero-order valence-corrected chi connectivity index (χ0v) is 7.77. The fourth-order valence-corrected chi connectivity index (χ4v) is 0.815. The Kier molecular flexibility index (Phi) is 6.13. The first kappa shape index (κ1) is 12.4. The highest BCUT2D eigenvalue weighted by atomic mass is 16.4. The van der Waals surface area contributed by atoms with Gasteiger partial charge in [0.05, 0.1) is 6.61 Å². The molecular formula is C8H14N2O4. The molecule has 14 heavy (non-hydrogen) atoms. The number of hydrogen-bond acceptors (Lipinski definition) is 3. The van der Waals surface area contributed by atoms with Crippen molar-refractivity contribution in [2.24, 2.45) is 0 Å². The Bertz CT molecular complexity index is 217. The molecular weight excluding hydrogens is 188 g/mol. The van der Waals surface area contributed by atoms with Gasteiger partial charge in [0, 0.05) is 13.1 Å². The molecule has 0 spiro atoms. The van der Waals surface area contributed by atoms with Gasteiger partial charge >= 0.3 is 12.0 Å². The zero-order chi connectivity index (χ0) is 11.0. The number of carbonyl (C=O) groups is 2. The average Bonchev–Trinajstić information content (AvgIpc) is 2.14. The molecule has 0 aromatic heterocycles. The van der Waals surface area contributed by atoms with Crippen molar-refractivity contribution in [3.8, 4) is 0 Å². The largest absolute Gasteiger partial charge is 0.480 e. The molecule has 0 heterocycles. The maximum Gasteiger partial charge on any atom is 0.323 e. The van der Waals surface area contributed by atoms with Gasteiger partial charge < -0.3 is 20.4 Å². The lowest BCUT2D eigenvalue weighted by atomic mass is 10.5. The molecule has 0 radical (unpaired) electrons. The first-order chi connectivity index (χ1) is 6.61. The summed E-state index contributed by atoms with van der Waals surface area (Å²) < 4.78 is 0. The van der Waals surface area contributed by atoms with E-state index < -0.39 is 18.5 Å². The Labute approximate surface area is 81.8 Å². The molecule has 0 fully saturated rings. The van der Waals surface area contributed by atoms with Gasteiger partial charge in [0.25, 0.3) is 0 Å². The molecule has 6 heteroatoms. The quantitative estimate of drug-likeness (QED) is 0.495. The SMILES string of the molecule is C=CCN(CCO)C(=O)NCC(=O)O. The van der Waals surface area contributed by atoms with Gasteiger partial charge in [-0.15, -0.1) is 6.58 Å². The van der Waals surface area contributed by atoms with E-state index in [0.29, 0.717) is 0 Å². The van der Waals surface area contributed by atoms with E-state index in [1.54, 1.807) is 0 Å². The summed E-state index contributed by atoms with van der Waals surface area (Å²) >= 11 is 0. The standard InChI is InChI=1S/C8H14N2O4/c1-2-3-10(4-5-11)8(14)9-6-7(12)13/h2,11H,1,3-6H2,(H,9,14)(H,12,13). The van der Waals surface area contributed by atoms with E-state index in [1.807, 2.05) is 0 Å². The van der Waals surface area contributed by atoms with Gasteiger partial charge in [-0.05, 0) is 0 Å². The van der Waals surface area contributed by atoms with Crippen LogP contribution in [0.5, 0.6) is 0 Å². The maximum absolute atomic E-state index is 11.2. The van der Waals surface area contributed by atoms with Crippen LogP contribution in [-0.2, 0) is 4.79 Å². The van der Waals surface area contributed by atoms with Crippen molar-refractivity contribution in [1.29, 1.82) is 0 Å². The number of carbonyl (C=O) groups excluding carboxylic acids is 1. The number of nitrogens with zero attached hydrogens (tertiary/aromatic N) is 1. The van der Waals surface area contributed by atoms with Gasteiger partial charge in [-0.2, -0.15) is 0 Å². The average molecular weight is 202 g/mol. The number of amides is 2. The normalized spacial score (nSPS) is 9.21. The minimum absolute atomic E-state index is 0.150. The molecule has 0 aliphatic rings. The molecule has 0 bridgehead atoms. The highest BCUT2D eigenvalue weighted by molar-refractivity contribution is 5.80. The highest BCUT2D eigenvalue weighted by Crippen LogP contribution is 1.89. The Morgan fingerprint density at radius 2 is 2.14 bits per heavy atom. The molecule has 80 valence electrons. The number of rotatable bonds is 6. The fourth-order valence-electron chi connectivity index (χ4n) is 0.815. The summed E-state index contributed by atoms with van der Waals surface area (Å²) in [6.45, 7) is 3.26. The van der Waals surface area contributed by atoms with Crippen LogP contribution in [0.25, 0.3) is 0 Å². The minimum atomic E-state index is -1.11. The molecule has 0 aromatic carbocycles. The van der Waals surface area contributed by atoms with Gasteiger partial charge in [-0.3, -0.25) is 4.79 Å². The molecule has 0 aromatic rings. The molecule has 0 saturated heterocycles. The van der Waals surface area contributed by atoms with Crippen LogP contribution in [0.1, 0.15) is 0 Å². The highest BCUT2D eigenvalue weighted by Gasteiger charge is 2.11. The number of carboxylic acids is 1. The summed E-state index contributed by atoms with van der Waals surface area (Å²) in [6.07, 6.45) is 1.50. The Morgan fingerprint density at radius 1 is 1.50 bits per heavy atom.